The molecule has 178 valence electrons. The molecule has 8 nitrogen and oxygen atoms in total. The van der Waals surface area contributed by atoms with Gasteiger partial charge in [-0.1, -0.05) is 0 Å². The van der Waals surface area contributed by atoms with Gasteiger partial charge in [0.25, 0.3) is 5.91 Å². The maximum atomic E-state index is 13.0. The van der Waals surface area contributed by atoms with Crippen molar-refractivity contribution in [2.24, 2.45) is 10.7 Å². The maximum absolute atomic E-state index is 13.0. The van der Waals surface area contributed by atoms with Crippen LogP contribution < -0.4 is 10.6 Å². The smallest absolute Gasteiger partial charge is 0.405 e. The Labute approximate surface area is 193 Å². The van der Waals surface area contributed by atoms with Crippen molar-refractivity contribution in [2.45, 2.75) is 20.0 Å². The predicted octanol–water partition coefficient (Wildman–Crippen LogP) is 3.20. The fourth-order valence-electron chi connectivity index (χ4n) is 3.37. The number of aliphatic hydroxyl groups is 1. The van der Waals surface area contributed by atoms with E-state index in [1.807, 2.05) is 0 Å². The molecule has 2 heterocycles. The highest BCUT2D eigenvalue weighted by atomic mass is 19.4. The van der Waals surface area contributed by atoms with Crippen molar-refractivity contribution < 1.29 is 23.1 Å². The van der Waals surface area contributed by atoms with E-state index in [0.29, 0.717) is 28.2 Å². The van der Waals surface area contributed by atoms with Crippen LogP contribution in [0.5, 0.6) is 0 Å². The van der Waals surface area contributed by atoms with Gasteiger partial charge in [-0.2, -0.15) is 13.2 Å². The minimum absolute atomic E-state index is 0.0531. The monoisotopic (exact) mass is 472 g/mol. The molecule has 0 spiro atoms. The summed E-state index contributed by atoms with van der Waals surface area (Å²) < 4.78 is 39.1. The van der Waals surface area contributed by atoms with Gasteiger partial charge in [0.15, 0.2) is 5.82 Å². The predicted molar refractivity (Wildman–Crippen MR) is 123 cm³/mol. The number of hydrogen-bond acceptors (Lipinski definition) is 7. The Morgan fingerprint density at radius 2 is 1.94 bits per heavy atom. The fraction of sp³-hybridized carbons (Fsp3) is 0.261. The molecule has 0 radical (unpaired) electrons. The number of amides is 1. The zero-order valence-electron chi connectivity index (χ0n) is 18.8. The lowest BCUT2D eigenvalue weighted by atomic mass is 10.1. The molecule has 0 saturated carbocycles. The second-order valence-electron chi connectivity index (χ2n) is 7.46. The maximum Gasteiger partial charge on any atom is 0.433 e. The average molecular weight is 472 g/mol. The van der Waals surface area contributed by atoms with Crippen LogP contribution in [-0.4, -0.2) is 51.9 Å². The molecule has 0 saturated heterocycles. The molecule has 0 unspecified atom stereocenters. The van der Waals surface area contributed by atoms with Crippen molar-refractivity contribution in [3.8, 4) is 11.4 Å². The van der Waals surface area contributed by atoms with E-state index in [1.165, 1.54) is 30.3 Å². The van der Waals surface area contributed by atoms with Crippen LogP contribution in [0.2, 0.25) is 0 Å². The summed E-state index contributed by atoms with van der Waals surface area (Å²) in [6.07, 6.45) is -0.732. The van der Waals surface area contributed by atoms with Crippen LogP contribution >= 0.6 is 0 Å². The normalized spacial score (nSPS) is 12.5. The van der Waals surface area contributed by atoms with Gasteiger partial charge in [-0.25, -0.2) is 15.0 Å². The molecule has 0 bridgehead atoms. The topological polar surface area (TPSA) is 118 Å². The number of hydrogen-bond donors (Lipinski definition) is 2. The van der Waals surface area contributed by atoms with Crippen molar-refractivity contribution in [1.82, 2.24) is 15.0 Å². The molecule has 0 aliphatic carbocycles. The average Bonchev–Trinajstić information content (AvgIpc) is 2.80. The van der Waals surface area contributed by atoms with E-state index in [4.69, 9.17) is 10.8 Å². The van der Waals surface area contributed by atoms with E-state index in [2.05, 4.69) is 19.9 Å². The van der Waals surface area contributed by atoms with Crippen LogP contribution in [0.3, 0.4) is 0 Å². The number of aromatic nitrogens is 3. The Bertz CT molecular complexity index is 1290. The van der Waals surface area contributed by atoms with Crippen LogP contribution in [-0.2, 0) is 11.0 Å². The zero-order chi connectivity index (χ0) is 25.0. The molecule has 1 aromatic carbocycles. The third-order valence-corrected chi connectivity index (χ3v) is 5.00. The van der Waals surface area contributed by atoms with Crippen molar-refractivity contribution in [3.63, 3.8) is 0 Å². The highest BCUT2D eigenvalue weighted by Gasteiger charge is 2.33. The van der Waals surface area contributed by atoms with E-state index in [-0.39, 0.29) is 24.4 Å². The van der Waals surface area contributed by atoms with Crippen molar-refractivity contribution in [1.29, 1.82) is 0 Å². The molecule has 3 N–H and O–H groups in total. The van der Waals surface area contributed by atoms with E-state index in [9.17, 15) is 18.0 Å². The third-order valence-electron chi connectivity index (χ3n) is 5.00. The molecule has 0 aliphatic heterocycles. The number of halogens is 3. The number of nitrogens with zero attached hydrogens (tertiary/aromatic N) is 5. The quantitative estimate of drug-likeness (QED) is 0.532. The number of pyridine rings is 1. The molecule has 11 heteroatoms. The highest BCUT2D eigenvalue weighted by Crippen LogP contribution is 2.31. The molecule has 3 aromatic rings. The van der Waals surface area contributed by atoms with Crippen LogP contribution in [0.15, 0.2) is 47.7 Å². The Morgan fingerprint density at radius 1 is 1.21 bits per heavy atom. The molecular formula is C23H23F3N6O2. The van der Waals surface area contributed by atoms with Gasteiger partial charge in [0.05, 0.1) is 24.9 Å². The third kappa shape index (κ3) is 5.20. The number of nitrogens with two attached hydrogens (primary N) is 1. The molecule has 2 aromatic heterocycles. The number of fused-ring (bicyclic) bond motifs is 1. The SMILES string of the molecule is Cc1cc(-c2ncc3nc(C(F)(F)F)cc(C)c3n2)ccc1N(C)C(=O)C(C=CN)=NCCO. The van der Waals surface area contributed by atoms with E-state index in [0.717, 1.165) is 11.6 Å². The minimum Gasteiger partial charge on any atom is -0.405 e. The van der Waals surface area contributed by atoms with Crippen molar-refractivity contribution in [2.75, 3.05) is 25.1 Å². The number of carbonyl (C=O) groups excluding carboxylic acids is 1. The van der Waals surface area contributed by atoms with E-state index >= 15 is 0 Å². The summed E-state index contributed by atoms with van der Waals surface area (Å²) in [5.74, 6) is -0.0906. The van der Waals surface area contributed by atoms with Crippen LogP contribution in [0.4, 0.5) is 18.9 Å². The molecule has 0 fully saturated rings. The molecule has 34 heavy (non-hydrogen) atoms. The van der Waals surface area contributed by atoms with Crippen LogP contribution in [0, 0.1) is 13.8 Å². The van der Waals surface area contributed by atoms with Gasteiger partial charge < -0.3 is 15.7 Å². The number of aryl methyl sites for hydroxylation is 2. The number of carbonyl (C=O) groups is 1. The van der Waals surface area contributed by atoms with Gasteiger partial charge >= 0.3 is 6.18 Å². The number of aliphatic imine (C=N–C) groups is 1. The standard InChI is InChI=1S/C23H23F3N6O2/c1-13-10-15(4-5-18(13)32(3)22(34)16(6-7-27)28-8-9-33)21-29-12-17-20(31-21)14(2)11-19(30-17)23(24,25)26/h4-7,10-12,33H,8-9,27H2,1-3H3. The largest absolute Gasteiger partial charge is 0.433 e. The first kappa shape index (κ1) is 24.8. The van der Waals surface area contributed by atoms with Gasteiger partial charge in [-0.15, -0.1) is 0 Å². The molecule has 1 amide bonds. The van der Waals surface area contributed by atoms with Gasteiger partial charge in [0, 0.05) is 18.3 Å². The summed E-state index contributed by atoms with van der Waals surface area (Å²) in [5.41, 5.74) is 7.18. The lowest BCUT2D eigenvalue weighted by Gasteiger charge is -2.20. The van der Waals surface area contributed by atoms with Gasteiger partial charge in [-0.3, -0.25) is 9.79 Å². The fourth-order valence-corrected chi connectivity index (χ4v) is 3.37. The lowest BCUT2D eigenvalue weighted by molar-refractivity contribution is -0.141. The Kier molecular flexibility index (Phi) is 7.26. The number of alkyl halides is 3. The van der Waals surface area contributed by atoms with Crippen molar-refractivity contribution >= 4 is 28.3 Å². The first-order chi connectivity index (χ1) is 16.1. The summed E-state index contributed by atoms with van der Waals surface area (Å²) in [7, 11) is 1.59. The zero-order valence-corrected chi connectivity index (χ0v) is 18.8. The summed E-state index contributed by atoms with van der Waals surface area (Å²) in [6, 6.07) is 6.16. The first-order valence-corrected chi connectivity index (χ1v) is 10.2. The lowest BCUT2D eigenvalue weighted by Crippen LogP contribution is -2.33. The Hall–Kier alpha value is -3.86. The first-order valence-electron chi connectivity index (χ1n) is 10.2. The number of rotatable bonds is 6. The number of benzene rings is 1. The molecule has 0 atom stereocenters. The van der Waals surface area contributed by atoms with Crippen LogP contribution in [0.25, 0.3) is 22.4 Å². The molecule has 3 rings (SSSR count). The summed E-state index contributed by atoms with van der Waals surface area (Å²) >= 11 is 0. The Morgan fingerprint density at radius 3 is 2.56 bits per heavy atom. The Balaban J connectivity index is 1.95. The summed E-state index contributed by atoms with van der Waals surface area (Å²) in [4.78, 5) is 30.5. The van der Waals surface area contributed by atoms with Gasteiger partial charge in [0.2, 0.25) is 0 Å². The minimum atomic E-state index is -4.56. The molecular weight excluding hydrogens is 449 g/mol. The number of aliphatic hydroxyl groups excluding tert-OH is 1. The van der Waals surface area contributed by atoms with Crippen LogP contribution in [0.1, 0.15) is 16.8 Å². The van der Waals surface area contributed by atoms with Gasteiger partial charge in [-0.05, 0) is 61.5 Å². The second-order valence-corrected chi connectivity index (χ2v) is 7.46. The highest BCUT2D eigenvalue weighted by molar-refractivity contribution is 6.47. The van der Waals surface area contributed by atoms with E-state index in [1.54, 1.807) is 32.2 Å². The number of anilines is 1. The summed E-state index contributed by atoms with van der Waals surface area (Å²) in [6.45, 7) is 3.20. The van der Waals surface area contributed by atoms with Gasteiger partial charge in [0.1, 0.15) is 16.9 Å². The summed E-state index contributed by atoms with van der Waals surface area (Å²) in [5, 5.41) is 8.98. The molecule has 0 aliphatic rings. The van der Waals surface area contributed by atoms with E-state index < -0.39 is 17.8 Å². The van der Waals surface area contributed by atoms with Crippen molar-refractivity contribution in [3.05, 3.63) is 59.6 Å². The second kappa shape index (κ2) is 9.96.